The zero-order chi connectivity index (χ0) is 21.8. The molecule has 1 amide bonds. The van der Waals surface area contributed by atoms with E-state index in [1.807, 2.05) is 30.5 Å². The predicted octanol–water partition coefficient (Wildman–Crippen LogP) is 3.83. The van der Waals surface area contributed by atoms with Crippen LogP contribution in [0.1, 0.15) is 42.1 Å². The Morgan fingerprint density at radius 3 is 2.61 bits per heavy atom. The van der Waals surface area contributed by atoms with Crippen LogP contribution in [-0.2, 0) is 20.7 Å². The van der Waals surface area contributed by atoms with Crippen molar-refractivity contribution in [1.82, 2.24) is 9.88 Å². The van der Waals surface area contributed by atoms with Gasteiger partial charge in [-0.15, -0.1) is 0 Å². The molecule has 1 fully saturated rings. The molecule has 2 aromatic carbocycles. The summed E-state index contributed by atoms with van der Waals surface area (Å²) in [5.74, 6) is -0.615. The fourth-order valence-electron chi connectivity index (χ4n) is 3.88. The molecule has 160 valence electrons. The number of rotatable bonds is 5. The second kappa shape index (κ2) is 9.04. The topological polar surface area (TPSA) is 88.7 Å². The van der Waals surface area contributed by atoms with Crippen LogP contribution in [0.5, 0.6) is 5.75 Å². The number of H-pyrrole nitrogens is 1. The summed E-state index contributed by atoms with van der Waals surface area (Å²) < 4.78 is 10.7. The maximum Gasteiger partial charge on any atom is 0.315 e. The molecule has 31 heavy (non-hydrogen) atoms. The number of carbonyl (C=O) groups excluding carboxylic acids is 3. The number of likely N-dealkylation sites (tertiary alicyclic amines) is 1. The van der Waals surface area contributed by atoms with E-state index >= 15 is 0 Å². The molecule has 0 saturated carbocycles. The monoisotopic (exact) mass is 420 g/mol. The highest BCUT2D eigenvalue weighted by Gasteiger charge is 2.29. The fourth-order valence-corrected chi connectivity index (χ4v) is 3.88. The van der Waals surface area contributed by atoms with E-state index in [2.05, 4.69) is 4.98 Å². The van der Waals surface area contributed by atoms with Crippen LogP contribution >= 0.6 is 0 Å². The van der Waals surface area contributed by atoms with Gasteiger partial charge in [-0.1, -0.05) is 18.2 Å². The number of carbonyl (C=O) groups is 3. The molecule has 7 heteroatoms. The van der Waals surface area contributed by atoms with Crippen molar-refractivity contribution < 1.29 is 23.9 Å². The third-order valence-corrected chi connectivity index (χ3v) is 5.35. The Bertz CT molecular complexity index is 1100. The van der Waals surface area contributed by atoms with Crippen molar-refractivity contribution in [3.05, 3.63) is 65.9 Å². The number of amides is 1. The maximum absolute atomic E-state index is 12.9. The number of benzene rings is 2. The maximum atomic E-state index is 12.9. The average Bonchev–Trinajstić information content (AvgIpc) is 3.16. The Labute approximate surface area is 179 Å². The lowest BCUT2D eigenvalue weighted by molar-refractivity contribution is -0.156. The Hall–Kier alpha value is -3.61. The summed E-state index contributed by atoms with van der Waals surface area (Å²) in [7, 11) is 0. The van der Waals surface area contributed by atoms with Gasteiger partial charge in [0.25, 0.3) is 5.91 Å². The first-order chi connectivity index (χ1) is 15.0. The first-order valence-electron chi connectivity index (χ1n) is 10.3. The minimum Gasteiger partial charge on any atom is -0.442 e. The number of hydrogen-bond acceptors (Lipinski definition) is 5. The van der Waals surface area contributed by atoms with E-state index in [1.54, 1.807) is 29.2 Å². The lowest BCUT2D eigenvalue weighted by Crippen LogP contribution is -2.45. The third-order valence-electron chi connectivity index (χ3n) is 5.35. The highest BCUT2D eigenvalue weighted by molar-refractivity contribution is 5.94. The standard InChI is InChI=1S/C24H24N2O5/c1-16(27)30-22-8-4-5-13-26(22)24(29)17-9-11-19(12-10-17)31-23(28)14-18-15-25-21-7-3-2-6-20(18)21/h2-3,6-7,9-12,15,22,25H,4-5,8,13-14H2,1H3. The summed E-state index contributed by atoms with van der Waals surface area (Å²) >= 11 is 0. The van der Waals surface area contributed by atoms with Gasteiger partial charge in [-0.25, -0.2) is 0 Å². The largest absolute Gasteiger partial charge is 0.442 e. The van der Waals surface area contributed by atoms with Crippen molar-refractivity contribution >= 4 is 28.7 Å². The van der Waals surface area contributed by atoms with Gasteiger partial charge in [0.15, 0.2) is 6.23 Å². The fraction of sp³-hybridized carbons (Fsp3) is 0.292. The lowest BCUT2D eigenvalue weighted by Gasteiger charge is -2.34. The smallest absolute Gasteiger partial charge is 0.315 e. The molecule has 0 radical (unpaired) electrons. The van der Waals surface area contributed by atoms with Crippen LogP contribution in [0.15, 0.2) is 54.7 Å². The second-order valence-electron chi connectivity index (χ2n) is 7.59. The van der Waals surface area contributed by atoms with Crippen LogP contribution < -0.4 is 4.74 Å². The molecule has 1 unspecified atom stereocenters. The molecule has 0 spiro atoms. The van der Waals surface area contributed by atoms with Crippen LogP contribution in [0.2, 0.25) is 0 Å². The zero-order valence-electron chi connectivity index (χ0n) is 17.3. The van der Waals surface area contributed by atoms with Crippen LogP contribution in [0, 0.1) is 0 Å². The molecule has 4 rings (SSSR count). The van der Waals surface area contributed by atoms with Crippen molar-refractivity contribution in [2.75, 3.05) is 6.54 Å². The normalized spacial score (nSPS) is 16.2. The molecule has 1 atom stereocenters. The van der Waals surface area contributed by atoms with Crippen molar-refractivity contribution in [1.29, 1.82) is 0 Å². The molecule has 1 aromatic heterocycles. The number of ether oxygens (including phenoxy) is 2. The summed E-state index contributed by atoms with van der Waals surface area (Å²) in [5, 5.41) is 0.990. The Morgan fingerprint density at radius 2 is 1.84 bits per heavy atom. The van der Waals surface area contributed by atoms with E-state index in [0.29, 0.717) is 24.3 Å². The van der Waals surface area contributed by atoms with Crippen molar-refractivity contribution in [3.8, 4) is 5.75 Å². The van der Waals surface area contributed by atoms with Gasteiger partial charge in [0.1, 0.15) is 5.75 Å². The molecule has 1 aliphatic rings. The number of aromatic nitrogens is 1. The average molecular weight is 420 g/mol. The van der Waals surface area contributed by atoms with E-state index in [4.69, 9.17) is 9.47 Å². The summed E-state index contributed by atoms with van der Waals surface area (Å²) in [6.07, 6.45) is 3.83. The summed E-state index contributed by atoms with van der Waals surface area (Å²) in [6, 6.07) is 14.2. The van der Waals surface area contributed by atoms with Crippen molar-refractivity contribution in [2.24, 2.45) is 0 Å². The molecular weight excluding hydrogens is 396 g/mol. The molecule has 1 aliphatic heterocycles. The number of nitrogens with one attached hydrogen (secondary N) is 1. The van der Waals surface area contributed by atoms with Crippen LogP contribution in [-0.4, -0.2) is 40.5 Å². The molecule has 1 saturated heterocycles. The van der Waals surface area contributed by atoms with Gasteiger partial charge in [0, 0.05) is 42.6 Å². The summed E-state index contributed by atoms with van der Waals surface area (Å²) in [6.45, 7) is 1.88. The number of aromatic amines is 1. The van der Waals surface area contributed by atoms with E-state index in [9.17, 15) is 14.4 Å². The number of fused-ring (bicyclic) bond motifs is 1. The van der Waals surface area contributed by atoms with Gasteiger partial charge in [0.05, 0.1) is 6.42 Å². The minimum atomic E-state index is -0.535. The van der Waals surface area contributed by atoms with Gasteiger partial charge < -0.3 is 19.4 Å². The summed E-state index contributed by atoms with van der Waals surface area (Å²) in [5.41, 5.74) is 2.29. The quantitative estimate of drug-likeness (QED) is 0.501. The highest BCUT2D eigenvalue weighted by atomic mass is 16.6. The van der Waals surface area contributed by atoms with E-state index < -0.39 is 12.2 Å². The number of piperidine rings is 1. The molecule has 0 aliphatic carbocycles. The molecule has 1 N–H and O–H groups in total. The summed E-state index contributed by atoms with van der Waals surface area (Å²) in [4.78, 5) is 41.3. The Kier molecular flexibility index (Phi) is 6.02. The van der Waals surface area contributed by atoms with Crippen molar-refractivity contribution in [2.45, 2.75) is 38.8 Å². The van der Waals surface area contributed by atoms with E-state index in [1.165, 1.54) is 6.92 Å². The minimum absolute atomic E-state index is 0.141. The van der Waals surface area contributed by atoms with Crippen molar-refractivity contribution in [3.63, 3.8) is 0 Å². The SMILES string of the molecule is CC(=O)OC1CCCCN1C(=O)c1ccc(OC(=O)Cc2c[nH]c3ccccc23)cc1. The first-order valence-corrected chi connectivity index (χ1v) is 10.3. The van der Waals surface area contributed by atoms with E-state index in [0.717, 1.165) is 29.3 Å². The Morgan fingerprint density at radius 1 is 1.06 bits per heavy atom. The third kappa shape index (κ3) is 4.77. The van der Waals surface area contributed by atoms with Gasteiger partial charge in [-0.2, -0.15) is 0 Å². The zero-order valence-corrected chi connectivity index (χ0v) is 17.3. The molecular formula is C24H24N2O5. The molecule has 2 heterocycles. The van der Waals surface area contributed by atoms with Crippen LogP contribution in [0.3, 0.4) is 0 Å². The van der Waals surface area contributed by atoms with E-state index in [-0.39, 0.29) is 18.3 Å². The number of para-hydroxylation sites is 1. The molecule has 3 aromatic rings. The first kappa shape index (κ1) is 20.7. The number of hydrogen-bond donors (Lipinski definition) is 1. The lowest BCUT2D eigenvalue weighted by atomic mass is 10.1. The Balaban J connectivity index is 1.40. The molecule has 0 bridgehead atoms. The van der Waals surface area contributed by atoms with Gasteiger partial charge in [-0.05, 0) is 48.7 Å². The van der Waals surface area contributed by atoms with Crippen LogP contribution in [0.25, 0.3) is 10.9 Å². The van der Waals surface area contributed by atoms with Gasteiger partial charge in [-0.3, -0.25) is 14.4 Å². The van der Waals surface area contributed by atoms with Gasteiger partial charge in [0.2, 0.25) is 0 Å². The number of nitrogens with zero attached hydrogens (tertiary/aromatic N) is 1. The van der Waals surface area contributed by atoms with Crippen LogP contribution in [0.4, 0.5) is 0 Å². The van der Waals surface area contributed by atoms with Gasteiger partial charge >= 0.3 is 11.9 Å². The number of esters is 2. The predicted molar refractivity (Wildman–Crippen MR) is 115 cm³/mol. The molecule has 7 nitrogen and oxygen atoms in total. The highest BCUT2D eigenvalue weighted by Crippen LogP contribution is 2.23. The second-order valence-corrected chi connectivity index (χ2v) is 7.59.